The van der Waals surface area contributed by atoms with Gasteiger partial charge in [-0.1, -0.05) is 13.2 Å². The molecule has 8 heteroatoms. The second-order valence-electron chi connectivity index (χ2n) is 7.78. The molecule has 1 aliphatic carbocycles. The summed E-state index contributed by atoms with van der Waals surface area (Å²) in [6.45, 7) is 9.73. The minimum atomic E-state index is -0.429. The van der Waals surface area contributed by atoms with Gasteiger partial charge in [0.25, 0.3) is 0 Å². The van der Waals surface area contributed by atoms with Gasteiger partial charge in [-0.3, -0.25) is 0 Å². The lowest BCUT2D eigenvalue weighted by Gasteiger charge is -2.32. The van der Waals surface area contributed by atoms with Gasteiger partial charge >= 0.3 is 0 Å². The van der Waals surface area contributed by atoms with Crippen molar-refractivity contribution in [3.63, 3.8) is 0 Å². The van der Waals surface area contributed by atoms with E-state index < -0.39 is 6.10 Å². The number of anilines is 2. The van der Waals surface area contributed by atoms with Gasteiger partial charge in [-0.2, -0.15) is 0 Å². The van der Waals surface area contributed by atoms with Gasteiger partial charge in [0, 0.05) is 42.2 Å². The number of ether oxygens (including phenoxy) is 1. The van der Waals surface area contributed by atoms with Crippen LogP contribution >= 0.6 is 11.3 Å². The van der Waals surface area contributed by atoms with Crippen molar-refractivity contribution in [1.82, 2.24) is 19.9 Å². The molecule has 5 rings (SSSR count). The fourth-order valence-electron chi connectivity index (χ4n) is 3.38. The number of nitrogen functional groups attached to an aromatic ring is 1. The lowest BCUT2D eigenvalue weighted by molar-refractivity contribution is 0.256. The lowest BCUT2D eigenvalue weighted by Crippen LogP contribution is -2.37. The first-order valence-electron chi connectivity index (χ1n) is 10.4. The van der Waals surface area contributed by atoms with Crippen molar-refractivity contribution >= 4 is 29.0 Å². The molecule has 1 atom stereocenters. The molecule has 1 aliphatic heterocycles. The fourth-order valence-corrected chi connectivity index (χ4v) is 4.21. The normalized spacial score (nSPS) is 16.5. The average Bonchev–Trinajstić information content (AvgIpc) is 3.49. The monoisotopic (exact) mass is 432 g/mol. The van der Waals surface area contributed by atoms with E-state index in [1.165, 1.54) is 17.8 Å². The van der Waals surface area contributed by atoms with E-state index in [-0.39, 0.29) is 0 Å². The largest absolute Gasteiger partial charge is 0.475 e. The van der Waals surface area contributed by atoms with Crippen LogP contribution in [0.5, 0.6) is 5.75 Å². The van der Waals surface area contributed by atoms with Gasteiger partial charge < -0.3 is 15.4 Å². The summed E-state index contributed by atoms with van der Waals surface area (Å²) in [4.78, 5) is 20.8. The first kappa shape index (κ1) is 19.7. The third-order valence-electron chi connectivity index (χ3n) is 5.49. The van der Waals surface area contributed by atoms with E-state index in [1.54, 1.807) is 18.3 Å². The third-order valence-corrected chi connectivity index (χ3v) is 6.41. The van der Waals surface area contributed by atoms with Crippen LogP contribution in [-0.2, 0) is 0 Å². The van der Waals surface area contributed by atoms with Gasteiger partial charge in [-0.25, -0.2) is 19.9 Å². The Morgan fingerprint density at radius 3 is 2.68 bits per heavy atom. The van der Waals surface area contributed by atoms with Crippen molar-refractivity contribution in [2.45, 2.75) is 31.3 Å². The SMILES string of the molecule is C=Cc1csc(C(C=C)Oc2cc(-c3cc(N4CCC4)nc(C4CC4)n3)cnc2N)n1. The quantitative estimate of drug-likeness (QED) is 0.520. The van der Waals surface area contributed by atoms with Crippen LogP contribution in [0.4, 0.5) is 11.6 Å². The van der Waals surface area contributed by atoms with E-state index in [1.807, 2.05) is 17.5 Å². The minimum absolute atomic E-state index is 0.315. The van der Waals surface area contributed by atoms with Crippen LogP contribution in [0.1, 0.15) is 47.8 Å². The molecule has 2 aliphatic rings. The van der Waals surface area contributed by atoms with Crippen LogP contribution in [0.15, 0.2) is 42.9 Å². The van der Waals surface area contributed by atoms with Gasteiger partial charge in [0.05, 0.1) is 11.4 Å². The predicted octanol–water partition coefficient (Wildman–Crippen LogP) is 4.61. The topological polar surface area (TPSA) is 90.0 Å². The van der Waals surface area contributed by atoms with Crippen LogP contribution in [0.2, 0.25) is 0 Å². The smallest absolute Gasteiger partial charge is 0.168 e. The fraction of sp³-hybridized carbons (Fsp3) is 0.304. The molecule has 3 aromatic rings. The Labute approximate surface area is 185 Å². The number of aromatic nitrogens is 4. The molecule has 4 heterocycles. The molecule has 0 radical (unpaired) electrons. The third kappa shape index (κ3) is 4.03. The second kappa shape index (κ2) is 8.11. The highest BCUT2D eigenvalue weighted by Gasteiger charge is 2.29. The average molecular weight is 433 g/mol. The molecule has 7 nitrogen and oxygen atoms in total. The molecule has 1 saturated carbocycles. The standard InChI is InChI=1S/C23H24N6OS/c1-3-16-13-31-23(26-16)18(4-2)30-19-10-15(12-25-21(19)24)17-11-20(29-8-5-9-29)28-22(27-17)14-6-7-14/h3-4,10-14,18H,1-2,5-9H2,(H2,24,25). The molecule has 0 amide bonds. The molecule has 3 aromatic heterocycles. The zero-order valence-electron chi connectivity index (χ0n) is 17.2. The Morgan fingerprint density at radius 1 is 1.19 bits per heavy atom. The van der Waals surface area contributed by atoms with Gasteiger partial charge in [-0.15, -0.1) is 11.3 Å². The van der Waals surface area contributed by atoms with Gasteiger partial charge in [0.15, 0.2) is 17.7 Å². The Balaban J connectivity index is 1.47. The van der Waals surface area contributed by atoms with E-state index in [2.05, 4.69) is 28.0 Å². The molecular formula is C23H24N6OS. The summed E-state index contributed by atoms with van der Waals surface area (Å²) in [7, 11) is 0. The molecule has 2 fully saturated rings. The molecule has 0 bridgehead atoms. The maximum atomic E-state index is 6.15. The summed E-state index contributed by atoms with van der Waals surface area (Å²) in [5, 5.41) is 2.71. The maximum absolute atomic E-state index is 6.15. The van der Waals surface area contributed by atoms with Gasteiger partial charge in [0.2, 0.25) is 0 Å². The Kier molecular flexibility index (Phi) is 5.15. The Hall–Kier alpha value is -3.26. The van der Waals surface area contributed by atoms with Crippen LogP contribution in [-0.4, -0.2) is 33.0 Å². The van der Waals surface area contributed by atoms with Crippen LogP contribution in [0, 0.1) is 0 Å². The van der Waals surface area contributed by atoms with Crippen molar-refractivity contribution in [1.29, 1.82) is 0 Å². The summed E-state index contributed by atoms with van der Waals surface area (Å²) in [6.07, 6.45) is 8.23. The first-order chi connectivity index (χ1) is 15.1. The summed E-state index contributed by atoms with van der Waals surface area (Å²) in [6, 6.07) is 3.92. The summed E-state index contributed by atoms with van der Waals surface area (Å²) >= 11 is 1.49. The number of hydrogen-bond donors (Lipinski definition) is 1. The van der Waals surface area contributed by atoms with E-state index >= 15 is 0 Å². The molecule has 1 saturated heterocycles. The molecule has 1 unspecified atom stereocenters. The summed E-state index contributed by atoms with van der Waals surface area (Å²) in [5.74, 6) is 3.17. The lowest BCUT2D eigenvalue weighted by atomic mass is 10.1. The van der Waals surface area contributed by atoms with Crippen LogP contribution in [0.25, 0.3) is 17.3 Å². The Morgan fingerprint density at radius 2 is 2.03 bits per heavy atom. The first-order valence-corrected chi connectivity index (χ1v) is 11.3. The van der Waals surface area contributed by atoms with E-state index in [0.29, 0.717) is 17.5 Å². The summed E-state index contributed by atoms with van der Waals surface area (Å²) in [5.41, 5.74) is 8.63. The zero-order chi connectivity index (χ0) is 21.4. The van der Waals surface area contributed by atoms with Crippen molar-refractivity contribution < 1.29 is 4.74 Å². The number of hydrogen-bond acceptors (Lipinski definition) is 8. The molecule has 2 N–H and O–H groups in total. The van der Waals surface area contributed by atoms with E-state index in [0.717, 1.165) is 59.5 Å². The number of thiazole rings is 1. The van der Waals surface area contributed by atoms with Crippen LogP contribution in [0.3, 0.4) is 0 Å². The van der Waals surface area contributed by atoms with Crippen molar-refractivity contribution in [2.24, 2.45) is 0 Å². The number of nitrogens with two attached hydrogens (primary N) is 1. The van der Waals surface area contributed by atoms with Crippen LogP contribution < -0.4 is 15.4 Å². The molecule has 158 valence electrons. The van der Waals surface area contributed by atoms with Crippen molar-refractivity contribution in [3.8, 4) is 17.0 Å². The summed E-state index contributed by atoms with van der Waals surface area (Å²) < 4.78 is 6.15. The van der Waals surface area contributed by atoms with Crippen molar-refractivity contribution in [2.75, 3.05) is 23.7 Å². The number of rotatable bonds is 8. The van der Waals surface area contributed by atoms with Gasteiger partial charge in [0.1, 0.15) is 16.6 Å². The molecular weight excluding hydrogens is 408 g/mol. The van der Waals surface area contributed by atoms with E-state index in [4.69, 9.17) is 20.4 Å². The van der Waals surface area contributed by atoms with Gasteiger partial charge in [-0.05, 0) is 37.5 Å². The minimum Gasteiger partial charge on any atom is -0.475 e. The molecule has 0 aromatic carbocycles. The number of nitrogens with zero attached hydrogens (tertiary/aromatic N) is 5. The zero-order valence-corrected chi connectivity index (χ0v) is 18.0. The molecule has 0 spiro atoms. The van der Waals surface area contributed by atoms with E-state index in [9.17, 15) is 0 Å². The predicted molar refractivity (Wildman–Crippen MR) is 124 cm³/mol. The highest BCUT2D eigenvalue weighted by Crippen LogP contribution is 2.40. The highest BCUT2D eigenvalue weighted by atomic mass is 32.1. The maximum Gasteiger partial charge on any atom is 0.168 e. The second-order valence-corrected chi connectivity index (χ2v) is 8.67. The number of pyridine rings is 1. The molecule has 31 heavy (non-hydrogen) atoms. The van der Waals surface area contributed by atoms with Crippen molar-refractivity contribution in [3.05, 3.63) is 59.5 Å². The Bertz CT molecular complexity index is 1130. The highest BCUT2D eigenvalue weighted by molar-refractivity contribution is 7.09.